The first-order chi connectivity index (χ1) is 13.7. The summed E-state index contributed by atoms with van der Waals surface area (Å²) in [6.07, 6.45) is 5.03. The summed E-state index contributed by atoms with van der Waals surface area (Å²) in [6.45, 7) is 0.864. The predicted octanol–water partition coefficient (Wildman–Crippen LogP) is 4.00. The van der Waals surface area contributed by atoms with Gasteiger partial charge in [-0.1, -0.05) is 30.3 Å². The van der Waals surface area contributed by atoms with E-state index in [1.54, 1.807) is 19.4 Å². The van der Waals surface area contributed by atoms with E-state index in [0.717, 1.165) is 28.3 Å². The number of carbonyl (C=O) groups excluding carboxylic acids is 1. The Balaban J connectivity index is 1.47. The van der Waals surface area contributed by atoms with Crippen LogP contribution >= 0.6 is 0 Å². The van der Waals surface area contributed by atoms with E-state index in [1.165, 1.54) is 6.08 Å². The predicted molar refractivity (Wildman–Crippen MR) is 109 cm³/mol. The molecule has 0 radical (unpaired) electrons. The van der Waals surface area contributed by atoms with Crippen molar-refractivity contribution in [3.8, 4) is 11.5 Å². The van der Waals surface area contributed by atoms with E-state index < -0.39 is 0 Å². The van der Waals surface area contributed by atoms with E-state index in [4.69, 9.17) is 9.47 Å². The molecule has 0 aliphatic heterocycles. The highest BCUT2D eigenvalue weighted by Gasteiger charge is 2.00. The molecule has 0 fully saturated rings. The fourth-order valence-corrected chi connectivity index (χ4v) is 2.52. The Kier molecular flexibility index (Phi) is 6.79. The Morgan fingerprint density at radius 2 is 1.89 bits per heavy atom. The van der Waals surface area contributed by atoms with Crippen molar-refractivity contribution < 1.29 is 14.3 Å². The molecule has 0 aliphatic rings. The van der Waals surface area contributed by atoms with Crippen LogP contribution in [0.2, 0.25) is 0 Å². The molecule has 0 aliphatic carbocycles. The van der Waals surface area contributed by atoms with Crippen molar-refractivity contribution in [2.24, 2.45) is 0 Å². The van der Waals surface area contributed by atoms with E-state index in [9.17, 15) is 4.79 Å². The van der Waals surface area contributed by atoms with Gasteiger partial charge in [-0.15, -0.1) is 0 Å². The first-order valence-electron chi connectivity index (χ1n) is 8.94. The Bertz CT molecular complexity index is 922. The van der Waals surface area contributed by atoms with Gasteiger partial charge in [0.25, 0.3) is 0 Å². The summed E-state index contributed by atoms with van der Waals surface area (Å²) in [7, 11) is 1.62. The van der Waals surface area contributed by atoms with Crippen molar-refractivity contribution in [2.45, 2.75) is 13.2 Å². The maximum absolute atomic E-state index is 12.0. The number of hydrogen-bond donors (Lipinski definition) is 1. The largest absolute Gasteiger partial charge is 0.497 e. The molecule has 0 saturated carbocycles. The highest BCUT2D eigenvalue weighted by molar-refractivity contribution is 5.91. The van der Waals surface area contributed by atoms with Gasteiger partial charge in [0, 0.05) is 18.8 Å². The van der Waals surface area contributed by atoms with Crippen molar-refractivity contribution >= 4 is 12.0 Å². The summed E-state index contributed by atoms with van der Waals surface area (Å²) in [6, 6.07) is 20.9. The SMILES string of the molecule is COc1cccc(CNC(=O)/C=C/c2ccc(OCc3ccccn3)cc2)c1. The van der Waals surface area contributed by atoms with Crippen LogP contribution in [0.25, 0.3) is 6.08 Å². The fraction of sp³-hybridized carbons (Fsp3) is 0.130. The zero-order chi connectivity index (χ0) is 19.6. The molecule has 1 N–H and O–H groups in total. The molecule has 1 aromatic heterocycles. The number of rotatable bonds is 8. The van der Waals surface area contributed by atoms with Gasteiger partial charge in [-0.3, -0.25) is 9.78 Å². The number of hydrogen-bond acceptors (Lipinski definition) is 4. The van der Waals surface area contributed by atoms with Crippen LogP contribution in [0.5, 0.6) is 11.5 Å². The van der Waals surface area contributed by atoms with Crippen molar-refractivity contribution in [3.63, 3.8) is 0 Å². The molecule has 2 aromatic carbocycles. The molecule has 3 rings (SSSR count). The highest BCUT2D eigenvalue weighted by atomic mass is 16.5. The van der Waals surface area contributed by atoms with E-state index in [0.29, 0.717) is 13.2 Å². The number of methoxy groups -OCH3 is 1. The zero-order valence-corrected chi connectivity index (χ0v) is 15.7. The number of aromatic nitrogens is 1. The number of nitrogens with zero attached hydrogens (tertiary/aromatic N) is 1. The average Bonchev–Trinajstić information content (AvgIpc) is 2.76. The normalized spacial score (nSPS) is 10.6. The van der Waals surface area contributed by atoms with E-state index >= 15 is 0 Å². The summed E-state index contributed by atoms with van der Waals surface area (Å²) < 4.78 is 10.9. The summed E-state index contributed by atoms with van der Waals surface area (Å²) >= 11 is 0. The van der Waals surface area contributed by atoms with Crippen LogP contribution in [0.15, 0.2) is 79.0 Å². The standard InChI is InChI=1S/C23H22N2O3/c1-27-22-7-4-5-19(15-22)16-25-23(26)13-10-18-8-11-21(12-9-18)28-17-20-6-2-3-14-24-20/h2-15H,16-17H2,1H3,(H,25,26)/b13-10+. The lowest BCUT2D eigenvalue weighted by Gasteiger charge is -2.06. The molecule has 0 saturated heterocycles. The zero-order valence-electron chi connectivity index (χ0n) is 15.7. The molecule has 1 heterocycles. The number of pyridine rings is 1. The van der Waals surface area contributed by atoms with Crippen molar-refractivity contribution in [2.75, 3.05) is 7.11 Å². The smallest absolute Gasteiger partial charge is 0.244 e. The fourth-order valence-electron chi connectivity index (χ4n) is 2.52. The molecule has 0 unspecified atom stereocenters. The second-order valence-corrected chi connectivity index (χ2v) is 6.08. The molecule has 28 heavy (non-hydrogen) atoms. The van der Waals surface area contributed by atoms with Crippen molar-refractivity contribution in [1.29, 1.82) is 0 Å². The minimum atomic E-state index is -0.154. The van der Waals surface area contributed by atoms with Gasteiger partial charge >= 0.3 is 0 Å². The van der Waals surface area contributed by atoms with Crippen LogP contribution in [0.4, 0.5) is 0 Å². The number of amides is 1. The van der Waals surface area contributed by atoms with Gasteiger partial charge in [0.2, 0.25) is 5.91 Å². The second-order valence-electron chi connectivity index (χ2n) is 6.08. The quantitative estimate of drug-likeness (QED) is 0.606. The van der Waals surface area contributed by atoms with E-state index in [1.807, 2.05) is 66.7 Å². The highest BCUT2D eigenvalue weighted by Crippen LogP contribution is 2.15. The Morgan fingerprint density at radius 1 is 1.04 bits per heavy atom. The Labute approximate surface area is 164 Å². The third-order valence-corrected chi connectivity index (χ3v) is 4.02. The second kappa shape index (κ2) is 9.92. The first kappa shape index (κ1) is 19.2. The Hall–Kier alpha value is -3.60. The van der Waals surface area contributed by atoms with Crippen LogP contribution in [-0.4, -0.2) is 18.0 Å². The maximum Gasteiger partial charge on any atom is 0.244 e. The molecular formula is C23H22N2O3. The van der Waals surface area contributed by atoms with Gasteiger partial charge in [-0.05, 0) is 53.6 Å². The molecule has 142 valence electrons. The van der Waals surface area contributed by atoms with Gasteiger partial charge in [0.1, 0.15) is 18.1 Å². The first-order valence-corrected chi connectivity index (χ1v) is 8.94. The van der Waals surface area contributed by atoms with E-state index in [2.05, 4.69) is 10.3 Å². The third kappa shape index (κ3) is 5.99. The summed E-state index contributed by atoms with van der Waals surface area (Å²) in [5, 5.41) is 2.86. The average molecular weight is 374 g/mol. The summed E-state index contributed by atoms with van der Waals surface area (Å²) in [4.78, 5) is 16.2. The van der Waals surface area contributed by atoms with Gasteiger partial charge in [0.15, 0.2) is 0 Å². The minimum absolute atomic E-state index is 0.154. The van der Waals surface area contributed by atoms with Crippen molar-refractivity contribution in [1.82, 2.24) is 10.3 Å². The molecule has 0 bridgehead atoms. The number of nitrogens with one attached hydrogen (secondary N) is 1. The lowest BCUT2D eigenvalue weighted by atomic mass is 10.2. The lowest BCUT2D eigenvalue weighted by molar-refractivity contribution is -0.116. The van der Waals surface area contributed by atoms with Crippen LogP contribution in [0.1, 0.15) is 16.8 Å². The monoisotopic (exact) mass is 374 g/mol. The molecule has 3 aromatic rings. The number of benzene rings is 2. The molecule has 0 spiro atoms. The van der Waals surface area contributed by atoms with Crippen LogP contribution in [0.3, 0.4) is 0 Å². The van der Waals surface area contributed by atoms with Gasteiger partial charge in [0.05, 0.1) is 12.8 Å². The lowest BCUT2D eigenvalue weighted by Crippen LogP contribution is -2.20. The topological polar surface area (TPSA) is 60.5 Å². The maximum atomic E-state index is 12.0. The van der Waals surface area contributed by atoms with Crippen LogP contribution in [-0.2, 0) is 17.9 Å². The number of carbonyl (C=O) groups is 1. The van der Waals surface area contributed by atoms with Gasteiger partial charge in [-0.25, -0.2) is 0 Å². The molecule has 1 amide bonds. The molecule has 5 heteroatoms. The molecule has 5 nitrogen and oxygen atoms in total. The molecule has 0 atom stereocenters. The third-order valence-electron chi connectivity index (χ3n) is 4.02. The summed E-state index contributed by atoms with van der Waals surface area (Å²) in [5.74, 6) is 1.37. The van der Waals surface area contributed by atoms with Crippen molar-refractivity contribution in [3.05, 3.63) is 95.8 Å². The van der Waals surface area contributed by atoms with Gasteiger partial charge < -0.3 is 14.8 Å². The van der Waals surface area contributed by atoms with Crippen LogP contribution < -0.4 is 14.8 Å². The van der Waals surface area contributed by atoms with Crippen LogP contribution in [0, 0.1) is 0 Å². The number of ether oxygens (including phenoxy) is 2. The van der Waals surface area contributed by atoms with Gasteiger partial charge in [-0.2, -0.15) is 0 Å². The molecular weight excluding hydrogens is 352 g/mol. The summed E-state index contributed by atoms with van der Waals surface area (Å²) in [5.41, 5.74) is 2.77. The Morgan fingerprint density at radius 3 is 2.64 bits per heavy atom. The van der Waals surface area contributed by atoms with E-state index in [-0.39, 0.29) is 5.91 Å². The minimum Gasteiger partial charge on any atom is -0.497 e.